The Balaban J connectivity index is 2.13. The number of aryl methyl sites for hydroxylation is 1. The topological polar surface area (TPSA) is 63.9 Å². The van der Waals surface area contributed by atoms with Gasteiger partial charge in [0.2, 0.25) is 5.75 Å². The van der Waals surface area contributed by atoms with Crippen LogP contribution in [0.3, 0.4) is 0 Å². The number of benzene rings is 1. The van der Waals surface area contributed by atoms with E-state index in [0.29, 0.717) is 23.2 Å². The zero-order valence-corrected chi connectivity index (χ0v) is 18.2. The number of anilines is 3. The number of methoxy groups -OCH3 is 2. The molecule has 0 unspecified atom stereocenters. The van der Waals surface area contributed by atoms with Gasteiger partial charge < -0.3 is 19.7 Å². The Hall–Kier alpha value is -2.51. The van der Waals surface area contributed by atoms with Gasteiger partial charge in [-0.05, 0) is 36.6 Å². The van der Waals surface area contributed by atoms with Crippen molar-refractivity contribution in [2.24, 2.45) is 0 Å². The molecule has 0 radical (unpaired) electrons. The van der Waals surface area contributed by atoms with Crippen LogP contribution in [0, 0.1) is 0 Å². The van der Waals surface area contributed by atoms with Crippen LogP contribution in [-0.4, -0.2) is 48.5 Å². The Morgan fingerprint density at radius 2 is 2.00 bits per heavy atom. The van der Waals surface area contributed by atoms with E-state index in [1.54, 1.807) is 20.4 Å². The first kappa shape index (κ1) is 21.2. The number of halogens is 1. The molecule has 2 heterocycles. The molecule has 156 valence electrons. The fourth-order valence-corrected chi connectivity index (χ4v) is 3.56. The Bertz CT molecular complexity index is 960. The molecule has 7 nitrogen and oxygen atoms in total. The van der Waals surface area contributed by atoms with Gasteiger partial charge in [-0.2, -0.15) is 9.61 Å². The van der Waals surface area contributed by atoms with Gasteiger partial charge in [-0.3, -0.25) is 0 Å². The summed E-state index contributed by atoms with van der Waals surface area (Å²) in [6.45, 7) is 6.42. The van der Waals surface area contributed by atoms with Crippen LogP contribution in [0.15, 0.2) is 30.5 Å². The van der Waals surface area contributed by atoms with Gasteiger partial charge in [-0.25, -0.2) is 4.98 Å². The van der Waals surface area contributed by atoms with Crippen LogP contribution < -0.4 is 15.0 Å². The van der Waals surface area contributed by atoms with Crippen LogP contribution in [-0.2, 0) is 11.2 Å². The summed E-state index contributed by atoms with van der Waals surface area (Å²) in [6.07, 6.45) is 3.58. The predicted octanol–water partition coefficient (Wildman–Crippen LogP) is 4.56. The zero-order chi connectivity index (χ0) is 20.8. The third-order valence-corrected chi connectivity index (χ3v) is 4.97. The Kier molecular flexibility index (Phi) is 7.17. The summed E-state index contributed by atoms with van der Waals surface area (Å²) in [5, 5.41) is 8.65. The molecule has 3 rings (SSSR count). The number of nitrogens with one attached hydrogen (secondary N) is 1. The molecule has 1 aromatic carbocycles. The summed E-state index contributed by atoms with van der Waals surface area (Å²) in [5.74, 6) is 2.14. The van der Waals surface area contributed by atoms with E-state index < -0.39 is 0 Å². The van der Waals surface area contributed by atoms with E-state index in [2.05, 4.69) is 29.2 Å². The number of nitrogens with zero attached hydrogens (tertiary/aromatic N) is 4. The molecule has 0 atom stereocenters. The minimum absolute atomic E-state index is 0.605. The van der Waals surface area contributed by atoms with Crippen LogP contribution in [0.4, 0.5) is 17.3 Å². The average molecular weight is 418 g/mol. The highest BCUT2D eigenvalue weighted by molar-refractivity contribution is 6.30. The van der Waals surface area contributed by atoms with Crippen molar-refractivity contribution in [3.8, 4) is 5.75 Å². The highest BCUT2D eigenvalue weighted by Gasteiger charge is 2.22. The number of rotatable bonds is 10. The number of ether oxygens (including phenoxy) is 2. The molecule has 0 aliphatic heterocycles. The normalized spacial score (nSPS) is 11.1. The first-order valence-electron chi connectivity index (χ1n) is 9.83. The second-order valence-corrected chi connectivity index (χ2v) is 7.11. The second-order valence-electron chi connectivity index (χ2n) is 6.68. The summed E-state index contributed by atoms with van der Waals surface area (Å²) in [4.78, 5) is 6.98. The molecule has 29 heavy (non-hydrogen) atoms. The molecule has 1 N–H and O–H groups in total. The third-order valence-electron chi connectivity index (χ3n) is 4.73. The SMILES string of the molecule is CCCN(CCOC)c1c(OC)c(Nc2ccc(Cl)cc2CC)nc2ccnn12. The van der Waals surface area contributed by atoms with Gasteiger partial charge in [0, 0.05) is 37.0 Å². The van der Waals surface area contributed by atoms with Gasteiger partial charge in [0.15, 0.2) is 17.3 Å². The zero-order valence-electron chi connectivity index (χ0n) is 17.4. The van der Waals surface area contributed by atoms with E-state index in [1.807, 2.05) is 28.8 Å². The highest BCUT2D eigenvalue weighted by Crippen LogP contribution is 2.37. The van der Waals surface area contributed by atoms with Crippen molar-refractivity contribution in [2.75, 3.05) is 44.1 Å². The molecular formula is C21H28ClN5O2. The number of hydrogen-bond acceptors (Lipinski definition) is 6. The van der Waals surface area contributed by atoms with Crippen molar-refractivity contribution in [3.63, 3.8) is 0 Å². The summed E-state index contributed by atoms with van der Waals surface area (Å²) in [5.41, 5.74) is 2.81. The van der Waals surface area contributed by atoms with Gasteiger partial charge in [0.1, 0.15) is 0 Å². The third kappa shape index (κ3) is 4.57. The summed E-state index contributed by atoms with van der Waals surface area (Å²) in [6, 6.07) is 7.70. The molecule has 0 amide bonds. The minimum atomic E-state index is 0.605. The van der Waals surface area contributed by atoms with E-state index in [0.717, 1.165) is 48.6 Å². The van der Waals surface area contributed by atoms with E-state index >= 15 is 0 Å². The minimum Gasteiger partial charge on any atom is -0.490 e. The maximum absolute atomic E-state index is 6.17. The van der Waals surface area contributed by atoms with Crippen molar-refractivity contribution in [1.82, 2.24) is 14.6 Å². The standard InChI is InChI=1S/C21H28ClN5O2/c1-5-11-26(12-13-28-3)21-19(29-4)20(25-18-9-10-23-27(18)21)24-17-8-7-16(22)14-15(17)6-2/h7-10,14H,5-6,11-13H2,1-4H3,(H,24,25). The molecular weight excluding hydrogens is 390 g/mol. The molecule has 0 aliphatic rings. The highest BCUT2D eigenvalue weighted by atomic mass is 35.5. The summed E-state index contributed by atoms with van der Waals surface area (Å²) >= 11 is 6.17. The van der Waals surface area contributed by atoms with Crippen LogP contribution >= 0.6 is 11.6 Å². The van der Waals surface area contributed by atoms with E-state index in [4.69, 9.17) is 26.1 Å². The molecule has 0 aliphatic carbocycles. The summed E-state index contributed by atoms with van der Waals surface area (Å²) in [7, 11) is 3.36. The van der Waals surface area contributed by atoms with E-state index in [9.17, 15) is 0 Å². The van der Waals surface area contributed by atoms with E-state index in [-0.39, 0.29) is 0 Å². The van der Waals surface area contributed by atoms with Crippen LogP contribution in [0.5, 0.6) is 5.75 Å². The van der Waals surface area contributed by atoms with Crippen molar-refractivity contribution in [2.45, 2.75) is 26.7 Å². The average Bonchev–Trinajstić information content (AvgIpc) is 3.19. The lowest BCUT2D eigenvalue weighted by atomic mass is 10.1. The number of aromatic nitrogens is 3. The molecule has 0 bridgehead atoms. The van der Waals surface area contributed by atoms with Gasteiger partial charge in [0.05, 0.1) is 19.9 Å². The maximum Gasteiger partial charge on any atom is 0.204 e. The number of hydrogen-bond donors (Lipinski definition) is 1. The Morgan fingerprint density at radius 1 is 1.17 bits per heavy atom. The number of fused-ring (bicyclic) bond motifs is 1. The van der Waals surface area contributed by atoms with Crippen LogP contribution in [0.25, 0.3) is 5.65 Å². The summed E-state index contributed by atoms with van der Waals surface area (Å²) < 4.78 is 13.0. The largest absolute Gasteiger partial charge is 0.490 e. The van der Waals surface area contributed by atoms with Gasteiger partial charge >= 0.3 is 0 Å². The van der Waals surface area contributed by atoms with Gasteiger partial charge in [0.25, 0.3) is 0 Å². The Morgan fingerprint density at radius 3 is 2.69 bits per heavy atom. The molecule has 3 aromatic rings. The lowest BCUT2D eigenvalue weighted by molar-refractivity contribution is 0.204. The quantitative estimate of drug-likeness (QED) is 0.521. The molecule has 0 spiro atoms. The smallest absolute Gasteiger partial charge is 0.204 e. The fraction of sp³-hybridized carbons (Fsp3) is 0.429. The van der Waals surface area contributed by atoms with Crippen molar-refractivity contribution in [3.05, 3.63) is 41.0 Å². The molecule has 0 saturated carbocycles. The molecule has 2 aromatic heterocycles. The predicted molar refractivity (Wildman–Crippen MR) is 118 cm³/mol. The lowest BCUT2D eigenvalue weighted by Crippen LogP contribution is -2.30. The van der Waals surface area contributed by atoms with Crippen molar-refractivity contribution < 1.29 is 9.47 Å². The van der Waals surface area contributed by atoms with Crippen molar-refractivity contribution >= 4 is 34.6 Å². The maximum atomic E-state index is 6.17. The first-order valence-corrected chi connectivity index (χ1v) is 10.2. The van der Waals surface area contributed by atoms with Gasteiger partial charge in [-0.15, -0.1) is 0 Å². The van der Waals surface area contributed by atoms with E-state index in [1.165, 1.54) is 0 Å². The van der Waals surface area contributed by atoms with Gasteiger partial charge in [-0.1, -0.05) is 25.4 Å². The monoisotopic (exact) mass is 417 g/mol. The van der Waals surface area contributed by atoms with Crippen LogP contribution in [0.1, 0.15) is 25.8 Å². The molecule has 8 heteroatoms. The Labute approximate surface area is 176 Å². The lowest BCUT2D eigenvalue weighted by Gasteiger charge is -2.27. The molecule has 0 fully saturated rings. The fourth-order valence-electron chi connectivity index (χ4n) is 3.36. The second kappa shape index (κ2) is 9.80. The van der Waals surface area contributed by atoms with Crippen molar-refractivity contribution in [1.29, 1.82) is 0 Å². The van der Waals surface area contributed by atoms with Crippen LogP contribution in [0.2, 0.25) is 5.02 Å². The first-order chi connectivity index (χ1) is 14.1. The molecule has 0 saturated heterocycles.